The Balaban J connectivity index is 4.58. The Morgan fingerprint density at radius 2 is 1.73 bits per heavy atom. The van der Waals surface area contributed by atoms with Gasteiger partial charge in [0.2, 0.25) is 10.0 Å². The maximum absolute atomic E-state index is 11.1. The van der Waals surface area contributed by atoms with E-state index in [2.05, 4.69) is 0 Å². The normalized spacial score (nSPS) is 13.5. The van der Waals surface area contributed by atoms with E-state index in [0.29, 0.717) is 6.61 Å². The van der Waals surface area contributed by atoms with Crippen LogP contribution in [0.1, 0.15) is 40.5 Å². The highest BCUT2D eigenvalue weighted by Crippen LogP contribution is 2.28. The van der Waals surface area contributed by atoms with Gasteiger partial charge in [-0.3, -0.25) is 0 Å². The van der Waals surface area contributed by atoms with Crippen molar-refractivity contribution in [3.05, 3.63) is 0 Å². The molecule has 0 heterocycles. The summed E-state index contributed by atoms with van der Waals surface area (Å²) < 4.78 is 27.8. The van der Waals surface area contributed by atoms with Crippen molar-refractivity contribution in [1.82, 2.24) is 0 Å². The molecule has 5 heteroatoms. The van der Waals surface area contributed by atoms with Gasteiger partial charge in [0.1, 0.15) is 0 Å². The zero-order valence-corrected chi connectivity index (χ0v) is 10.9. The van der Waals surface area contributed by atoms with Crippen molar-refractivity contribution in [3.63, 3.8) is 0 Å². The minimum atomic E-state index is -3.43. The molecule has 4 nitrogen and oxygen atoms in total. The molecular formula is C10H23NO3S. The van der Waals surface area contributed by atoms with Crippen LogP contribution >= 0.6 is 0 Å². The summed E-state index contributed by atoms with van der Waals surface area (Å²) in [4.78, 5) is 0. The average Bonchev–Trinajstić information content (AvgIpc) is 2.10. The van der Waals surface area contributed by atoms with E-state index in [9.17, 15) is 8.42 Å². The highest BCUT2D eigenvalue weighted by molar-refractivity contribution is 7.89. The summed E-state index contributed by atoms with van der Waals surface area (Å²) in [6.07, 6.45) is 1.63. The number of primary sulfonamides is 1. The molecule has 0 aromatic carbocycles. The molecule has 92 valence electrons. The van der Waals surface area contributed by atoms with E-state index in [0.717, 1.165) is 12.8 Å². The van der Waals surface area contributed by atoms with Crippen LogP contribution in [0.2, 0.25) is 0 Å². The number of rotatable bonds is 7. The van der Waals surface area contributed by atoms with Gasteiger partial charge in [0.05, 0.1) is 18.5 Å². The highest BCUT2D eigenvalue weighted by atomic mass is 32.2. The van der Waals surface area contributed by atoms with Gasteiger partial charge in [0.25, 0.3) is 0 Å². The first kappa shape index (κ1) is 14.9. The number of hydrogen-bond donors (Lipinski definition) is 1. The molecular weight excluding hydrogens is 214 g/mol. The second-order valence-electron chi connectivity index (χ2n) is 4.37. The zero-order chi connectivity index (χ0) is 12.1. The molecule has 0 unspecified atom stereocenters. The molecule has 0 fully saturated rings. The molecule has 0 aliphatic heterocycles. The molecule has 0 bridgehead atoms. The van der Waals surface area contributed by atoms with Gasteiger partial charge in [-0.05, 0) is 26.7 Å². The molecule has 0 amide bonds. The van der Waals surface area contributed by atoms with E-state index in [-0.39, 0.29) is 17.3 Å². The van der Waals surface area contributed by atoms with Crippen LogP contribution in [0, 0.1) is 5.41 Å². The third kappa shape index (κ3) is 6.12. The first-order valence-electron chi connectivity index (χ1n) is 5.37. The number of nitrogens with two attached hydrogens (primary N) is 1. The van der Waals surface area contributed by atoms with Crippen LogP contribution in [-0.4, -0.2) is 26.9 Å². The third-order valence-electron chi connectivity index (χ3n) is 2.73. The largest absolute Gasteiger partial charge is 0.378 e. The Hall–Kier alpha value is -0.130. The lowest BCUT2D eigenvalue weighted by Gasteiger charge is -2.31. The SMILES string of the molecule is CCC(CC)(COC(C)C)CS(N)(=O)=O. The van der Waals surface area contributed by atoms with Gasteiger partial charge < -0.3 is 4.74 Å². The monoisotopic (exact) mass is 237 g/mol. The van der Waals surface area contributed by atoms with Gasteiger partial charge in [0, 0.05) is 5.41 Å². The van der Waals surface area contributed by atoms with Crippen molar-refractivity contribution < 1.29 is 13.2 Å². The van der Waals surface area contributed by atoms with Crippen LogP contribution in [0.5, 0.6) is 0 Å². The molecule has 2 N–H and O–H groups in total. The molecule has 0 aromatic rings. The fraction of sp³-hybridized carbons (Fsp3) is 1.00. The van der Waals surface area contributed by atoms with Crippen LogP contribution in [0.25, 0.3) is 0 Å². The van der Waals surface area contributed by atoms with Crippen LogP contribution in [0.3, 0.4) is 0 Å². The predicted molar refractivity (Wildman–Crippen MR) is 62.1 cm³/mol. The first-order chi connectivity index (χ1) is 6.74. The Morgan fingerprint density at radius 3 is 2.00 bits per heavy atom. The van der Waals surface area contributed by atoms with E-state index in [1.165, 1.54) is 0 Å². The molecule has 0 atom stereocenters. The van der Waals surface area contributed by atoms with E-state index >= 15 is 0 Å². The topological polar surface area (TPSA) is 69.4 Å². The molecule has 0 aliphatic carbocycles. The lowest BCUT2D eigenvalue weighted by molar-refractivity contribution is 0.0122. The van der Waals surface area contributed by atoms with Gasteiger partial charge in [-0.15, -0.1) is 0 Å². The number of ether oxygens (including phenoxy) is 1. The second-order valence-corrected chi connectivity index (χ2v) is 5.99. The Labute approximate surface area is 93.2 Å². The van der Waals surface area contributed by atoms with Crippen molar-refractivity contribution in [2.24, 2.45) is 10.6 Å². The van der Waals surface area contributed by atoms with Crippen LogP contribution in [-0.2, 0) is 14.8 Å². The zero-order valence-electron chi connectivity index (χ0n) is 10.1. The minimum absolute atomic E-state index is 0.000278. The Morgan fingerprint density at radius 1 is 1.27 bits per heavy atom. The summed E-state index contributed by atoms with van der Waals surface area (Å²) >= 11 is 0. The van der Waals surface area contributed by atoms with Gasteiger partial charge in [-0.1, -0.05) is 13.8 Å². The number of hydrogen-bond acceptors (Lipinski definition) is 3. The van der Waals surface area contributed by atoms with Crippen molar-refractivity contribution in [3.8, 4) is 0 Å². The molecule has 0 aromatic heterocycles. The standard InChI is InChI=1S/C10H23NO3S/c1-5-10(6-2,7-14-9(3)4)8-15(11,12)13/h9H,5-8H2,1-4H3,(H2,11,12,13). The fourth-order valence-corrected chi connectivity index (χ4v) is 2.82. The van der Waals surface area contributed by atoms with Gasteiger partial charge in [-0.2, -0.15) is 0 Å². The lowest BCUT2D eigenvalue weighted by Crippen LogP contribution is -2.37. The van der Waals surface area contributed by atoms with E-state index in [1.807, 2.05) is 27.7 Å². The Bertz CT molecular complexity index is 268. The van der Waals surface area contributed by atoms with Crippen molar-refractivity contribution in [1.29, 1.82) is 0 Å². The molecule has 0 aliphatic rings. The molecule has 15 heavy (non-hydrogen) atoms. The summed E-state index contributed by atoms with van der Waals surface area (Å²) in [6, 6.07) is 0. The van der Waals surface area contributed by atoms with Gasteiger partial charge in [0.15, 0.2) is 0 Å². The second kappa shape index (κ2) is 5.82. The average molecular weight is 237 g/mol. The smallest absolute Gasteiger partial charge is 0.209 e. The van der Waals surface area contributed by atoms with E-state index in [4.69, 9.17) is 9.88 Å². The van der Waals surface area contributed by atoms with Crippen molar-refractivity contribution >= 4 is 10.0 Å². The lowest BCUT2D eigenvalue weighted by atomic mass is 9.85. The fourth-order valence-electron chi connectivity index (χ4n) is 1.47. The van der Waals surface area contributed by atoms with E-state index in [1.54, 1.807) is 0 Å². The number of sulfonamides is 1. The molecule has 0 saturated carbocycles. The minimum Gasteiger partial charge on any atom is -0.378 e. The van der Waals surface area contributed by atoms with Crippen LogP contribution in [0.4, 0.5) is 0 Å². The summed E-state index contributed by atoms with van der Waals surface area (Å²) in [6.45, 7) is 8.27. The summed E-state index contributed by atoms with van der Waals surface area (Å²) in [7, 11) is -3.43. The van der Waals surface area contributed by atoms with Gasteiger partial charge >= 0.3 is 0 Å². The molecule has 0 saturated heterocycles. The third-order valence-corrected chi connectivity index (χ3v) is 3.74. The highest BCUT2D eigenvalue weighted by Gasteiger charge is 2.31. The quantitative estimate of drug-likeness (QED) is 0.729. The predicted octanol–water partition coefficient (Wildman–Crippen LogP) is 1.51. The maximum Gasteiger partial charge on any atom is 0.209 e. The van der Waals surface area contributed by atoms with E-state index < -0.39 is 10.0 Å². The summed E-state index contributed by atoms with van der Waals surface area (Å²) in [5.41, 5.74) is -0.335. The molecule has 0 rings (SSSR count). The first-order valence-corrected chi connectivity index (χ1v) is 7.08. The molecule has 0 radical (unpaired) electrons. The Kier molecular flexibility index (Phi) is 5.77. The van der Waals surface area contributed by atoms with Crippen LogP contribution < -0.4 is 5.14 Å². The van der Waals surface area contributed by atoms with Crippen molar-refractivity contribution in [2.75, 3.05) is 12.4 Å². The van der Waals surface area contributed by atoms with Gasteiger partial charge in [-0.25, -0.2) is 13.6 Å². The summed E-state index contributed by atoms with van der Waals surface area (Å²) in [5.74, 6) is -0.000278. The maximum atomic E-state index is 11.1. The van der Waals surface area contributed by atoms with Crippen molar-refractivity contribution in [2.45, 2.75) is 46.6 Å². The van der Waals surface area contributed by atoms with Crippen LogP contribution in [0.15, 0.2) is 0 Å². The summed E-state index contributed by atoms with van der Waals surface area (Å²) in [5, 5.41) is 5.10. The molecule has 0 spiro atoms.